The Hall–Kier alpha value is -1.53. The first kappa shape index (κ1) is 19.2. The number of esters is 1. The predicted octanol–water partition coefficient (Wildman–Crippen LogP) is 3.34. The van der Waals surface area contributed by atoms with Crippen LogP contribution in [0.3, 0.4) is 0 Å². The Kier molecular flexibility index (Phi) is 6.97. The molecular formula is C20H28N2O3S. The standard InChI is InChI=1S/C20H28N2O3S/c1-25-19(23)9-10-26-13-14-5-4-7-16(11-14)21-20(24)18-12-15-6-2-3-8-17(15)22-18/h4-5,7,11,15,17-18,22H,2-3,6,8-10,12-13H2,1H3,(H,21,24). The van der Waals surface area contributed by atoms with Crippen molar-refractivity contribution in [3.8, 4) is 0 Å². The number of nitrogens with one attached hydrogen (secondary N) is 2. The lowest BCUT2D eigenvalue weighted by Gasteiger charge is -2.24. The number of fused-ring (bicyclic) bond motifs is 1. The van der Waals surface area contributed by atoms with Crippen LogP contribution >= 0.6 is 11.8 Å². The summed E-state index contributed by atoms with van der Waals surface area (Å²) in [6, 6.07) is 8.42. The predicted molar refractivity (Wildman–Crippen MR) is 105 cm³/mol. The highest BCUT2D eigenvalue weighted by molar-refractivity contribution is 7.98. The van der Waals surface area contributed by atoms with Gasteiger partial charge in [0.05, 0.1) is 19.6 Å². The van der Waals surface area contributed by atoms with Crippen molar-refractivity contribution in [2.45, 2.75) is 56.4 Å². The number of carbonyl (C=O) groups is 2. The maximum absolute atomic E-state index is 12.6. The summed E-state index contributed by atoms with van der Waals surface area (Å²) in [5, 5.41) is 6.59. The molecule has 3 unspecified atom stereocenters. The Morgan fingerprint density at radius 2 is 2.15 bits per heavy atom. The van der Waals surface area contributed by atoms with Gasteiger partial charge in [0, 0.05) is 23.2 Å². The highest BCUT2D eigenvalue weighted by atomic mass is 32.2. The summed E-state index contributed by atoms with van der Waals surface area (Å²) in [4.78, 5) is 23.7. The van der Waals surface area contributed by atoms with Gasteiger partial charge in [-0.25, -0.2) is 0 Å². The summed E-state index contributed by atoms with van der Waals surface area (Å²) in [6.45, 7) is 0. The van der Waals surface area contributed by atoms with E-state index in [2.05, 4.69) is 15.4 Å². The second-order valence-electron chi connectivity index (χ2n) is 7.17. The van der Waals surface area contributed by atoms with E-state index in [9.17, 15) is 9.59 Å². The van der Waals surface area contributed by atoms with Crippen molar-refractivity contribution in [2.75, 3.05) is 18.2 Å². The third kappa shape index (κ3) is 5.24. The largest absolute Gasteiger partial charge is 0.469 e. The van der Waals surface area contributed by atoms with E-state index < -0.39 is 0 Å². The summed E-state index contributed by atoms with van der Waals surface area (Å²) in [7, 11) is 1.41. The van der Waals surface area contributed by atoms with Crippen LogP contribution in [0.25, 0.3) is 0 Å². The van der Waals surface area contributed by atoms with Crippen molar-refractivity contribution in [3.05, 3.63) is 29.8 Å². The van der Waals surface area contributed by atoms with Crippen molar-refractivity contribution in [3.63, 3.8) is 0 Å². The number of hydrogen-bond acceptors (Lipinski definition) is 5. The van der Waals surface area contributed by atoms with Gasteiger partial charge in [-0.2, -0.15) is 11.8 Å². The van der Waals surface area contributed by atoms with E-state index in [1.807, 2.05) is 24.3 Å². The van der Waals surface area contributed by atoms with Gasteiger partial charge >= 0.3 is 5.97 Å². The average molecular weight is 377 g/mol. The fourth-order valence-corrected chi connectivity index (χ4v) is 4.81. The van der Waals surface area contributed by atoms with Crippen molar-refractivity contribution >= 4 is 29.3 Å². The van der Waals surface area contributed by atoms with Crippen LogP contribution in [0, 0.1) is 5.92 Å². The molecule has 2 N–H and O–H groups in total. The van der Waals surface area contributed by atoms with E-state index >= 15 is 0 Å². The van der Waals surface area contributed by atoms with E-state index in [-0.39, 0.29) is 17.9 Å². The maximum atomic E-state index is 12.6. The molecule has 26 heavy (non-hydrogen) atoms. The topological polar surface area (TPSA) is 67.4 Å². The van der Waals surface area contributed by atoms with Gasteiger partial charge in [0.15, 0.2) is 0 Å². The second-order valence-corrected chi connectivity index (χ2v) is 8.28. The number of rotatable bonds is 7. The first-order chi connectivity index (χ1) is 12.7. The molecule has 1 heterocycles. The van der Waals surface area contributed by atoms with Gasteiger partial charge in [0.1, 0.15) is 0 Å². The number of hydrogen-bond donors (Lipinski definition) is 2. The lowest BCUT2D eigenvalue weighted by atomic mass is 9.85. The second kappa shape index (κ2) is 9.42. The molecule has 2 aliphatic rings. The van der Waals surface area contributed by atoms with E-state index in [1.54, 1.807) is 11.8 Å². The molecule has 6 heteroatoms. The van der Waals surface area contributed by atoms with Crippen LogP contribution in [0.1, 0.15) is 44.1 Å². The molecule has 0 spiro atoms. The number of anilines is 1. The monoisotopic (exact) mass is 376 g/mol. The molecule has 2 fully saturated rings. The van der Waals surface area contributed by atoms with E-state index in [1.165, 1.54) is 32.8 Å². The molecule has 3 atom stereocenters. The van der Waals surface area contributed by atoms with E-state index in [0.29, 0.717) is 18.4 Å². The van der Waals surface area contributed by atoms with Crippen LogP contribution in [-0.4, -0.2) is 36.8 Å². The van der Waals surface area contributed by atoms with Gasteiger partial charge in [-0.05, 0) is 42.9 Å². The minimum Gasteiger partial charge on any atom is -0.469 e. The summed E-state index contributed by atoms with van der Waals surface area (Å²) in [6.07, 6.45) is 6.41. The summed E-state index contributed by atoms with van der Waals surface area (Å²) in [5.74, 6) is 2.11. The van der Waals surface area contributed by atoms with E-state index in [0.717, 1.165) is 29.2 Å². The first-order valence-electron chi connectivity index (χ1n) is 9.46. The fourth-order valence-electron chi connectivity index (χ4n) is 3.94. The number of methoxy groups -OCH3 is 1. The van der Waals surface area contributed by atoms with Crippen LogP contribution in [0.4, 0.5) is 5.69 Å². The number of benzene rings is 1. The number of thioether (sulfide) groups is 1. The zero-order valence-electron chi connectivity index (χ0n) is 15.3. The fraction of sp³-hybridized carbons (Fsp3) is 0.600. The molecule has 5 nitrogen and oxygen atoms in total. The lowest BCUT2D eigenvalue weighted by Crippen LogP contribution is -2.39. The van der Waals surface area contributed by atoms with Gasteiger partial charge < -0.3 is 15.4 Å². The number of amides is 1. The van der Waals surface area contributed by atoms with Crippen molar-refractivity contribution in [2.24, 2.45) is 5.92 Å². The van der Waals surface area contributed by atoms with Crippen molar-refractivity contribution < 1.29 is 14.3 Å². The van der Waals surface area contributed by atoms with Crippen LogP contribution in [0.5, 0.6) is 0 Å². The van der Waals surface area contributed by atoms with Crippen LogP contribution < -0.4 is 10.6 Å². The summed E-state index contributed by atoms with van der Waals surface area (Å²) in [5.41, 5.74) is 1.99. The van der Waals surface area contributed by atoms with Crippen LogP contribution in [-0.2, 0) is 20.1 Å². The molecule has 1 aliphatic heterocycles. The summed E-state index contributed by atoms with van der Waals surface area (Å²) >= 11 is 1.69. The SMILES string of the molecule is COC(=O)CCSCc1cccc(NC(=O)C2CC3CCCCC3N2)c1. The molecule has 0 aromatic heterocycles. The molecule has 0 radical (unpaired) electrons. The molecule has 1 amide bonds. The highest BCUT2D eigenvalue weighted by Crippen LogP contribution is 2.33. The Bertz CT molecular complexity index is 623. The van der Waals surface area contributed by atoms with Gasteiger partial charge in [-0.15, -0.1) is 0 Å². The molecule has 3 rings (SSSR count). The molecule has 0 bridgehead atoms. The summed E-state index contributed by atoms with van der Waals surface area (Å²) < 4.78 is 4.64. The third-order valence-electron chi connectivity index (χ3n) is 5.32. The third-order valence-corrected chi connectivity index (χ3v) is 6.35. The molecule has 1 aliphatic carbocycles. The highest BCUT2D eigenvalue weighted by Gasteiger charge is 2.38. The lowest BCUT2D eigenvalue weighted by molar-refractivity contribution is -0.140. The number of ether oxygens (including phenoxy) is 1. The molecule has 1 saturated carbocycles. The number of carbonyl (C=O) groups excluding carboxylic acids is 2. The zero-order valence-corrected chi connectivity index (χ0v) is 16.1. The van der Waals surface area contributed by atoms with Gasteiger partial charge in [-0.1, -0.05) is 25.0 Å². The zero-order chi connectivity index (χ0) is 18.4. The Morgan fingerprint density at radius 1 is 1.31 bits per heavy atom. The minimum atomic E-state index is -0.178. The smallest absolute Gasteiger partial charge is 0.306 e. The average Bonchev–Trinajstić information content (AvgIpc) is 3.10. The van der Waals surface area contributed by atoms with Crippen molar-refractivity contribution in [1.82, 2.24) is 5.32 Å². The first-order valence-corrected chi connectivity index (χ1v) is 10.6. The maximum Gasteiger partial charge on any atom is 0.306 e. The van der Waals surface area contributed by atoms with Crippen LogP contribution in [0.2, 0.25) is 0 Å². The molecule has 1 saturated heterocycles. The minimum absolute atomic E-state index is 0.0683. The molecule has 1 aromatic rings. The normalized spacial score (nSPS) is 24.7. The van der Waals surface area contributed by atoms with Gasteiger partial charge in [0.25, 0.3) is 0 Å². The molecular weight excluding hydrogens is 348 g/mol. The Morgan fingerprint density at radius 3 is 2.96 bits per heavy atom. The van der Waals surface area contributed by atoms with E-state index in [4.69, 9.17) is 0 Å². The van der Waals surface area contributed by atoms with Crippen molar-refractivity contribution in [1.29, 1.82) is 0 Å². The molecule has 142 valence electrons. The molecule has 1 aromatic carbocycles. The van der Waals surface area contributed by atoms with Gasteiger partial charge in [0.2, 0.25) is 5.91 Å². The Balaban J connectivity index is 1.47. The quantitative estimate of drug-likeness (QED) is 0.564. The van der Waals surface area contributed by atoms with Crippen LogP contribution in [0.15, 0.2) is 24.3 Å². The van der Waals surface area contributed by atoms with Gasteiger partial charge in [-0.3, -0.25) is 9.59 Å². The Labute approximate surface area is 159 Å².